The SMILES string of the molecule is O=C(NCc1cccc(F)c1)C1CC(c2ccccc2)CN(Cc2ccccc2Cl)C1. The van der Waals surface area contributed by atoms with Crippen molar-refractivity contribution in [3.63, 3.8) is 0 Å². The summed E-state index contributed by atoms with van der Waals surface area (Å²) in [6, 6.07) is 24.6. The van der Waals surface area contributed by atoms with Crippen LogP contribution in [0.2, 0.25) is 5.02 Å². The maximum Gasteiger partial charge on any atom is 0.224 e. The Balaban J connectivity index is 1.48. The molecule has 4 rings (SSSR count). The van der Waals surface area contributed by atoms with E-state index < -0.39 is 0 Å². The average Bonchev–Trinajstić information content (AvgIpc) is 2.79. The van der Waals surface area contributed by atoms with Crippen molar-refractivity contribution in [2.75, 3.05) is 13.1 Å². The molecule has 2 atom stereocenters. The highest BCUT2D eigenvalue weighted by atomic mass is 35.5. The highest BCUT2D eigenvalue weighted by Crippen LogP contribution is 2.32. The lowest BCUT2D eigenvalue weighted by Gasteiger charge is -2.37. The topological polar surface area (TPSA) is 32.3 Å². The van der Waals surface area contributed by atoms with E-state index >= 15 is 0 Å². The normalized spacial score (nSPS) is 19.2. The molecule has 1 aliphatic rings. The van der Waals surface area contributed by atoms with Gasteiger partial charge in [0.1, 0.15) is 5.82 Å². The summed E-state index contributed by atoms with van der Waals surface area (Å²) in [6.07, 6.45) is 0.790. The van der Waals surface area contributed by atoms with Crippen molar-refractivity contribution < 1.29 is 9.18 Å². The fourth-order valence-electron chi connectivity index (χ4n) is 4.32. The second-order valence-corrected chi connectivity index (χ2v) is 8.58. The molecule has 1 aliphatic heterocycles. The number of nitrogens with one attached hydrogen (secondary N) is 1. The molecule has 0 aromatic heterocycles. The highest BCUT2D eigenvalue weighted by Gasteiger charge is 2.32. The van der Waals surface area contributed by atoms with Crippen LogP contribution in [0.5, 0.6) is 0 Å². The summed E-state index contributed by atoms with van der Waals surface area (Å²) in [5.74, 6) is -0.161. The molecule has 3 aromatic carbocycles. The third-order valence-corrected chi connectivity index (χ3v) is 6.24. The van der Waals surface area contributed by atoms with Crippen molar-refractivity contribution in [3.8, 4) is 0 Å². The summed E-state index contributed by atoms with van der Waals surface area (Å²) >= 11 is 6.39. The van der Waals surface area contributed by atoms with Crippen LogP contribution in [0.15, 0.2) is 78.9 Å². The Morgan fingerprint density at radius 2 is 1.77 bits per heavy atom. The average molecular weight is 437 g/mol. The second-order valence-electron chi connectivity index (χ2n) is 8.17. The van der Waals surface area contributed by atoms with Crippen LogP contribution in [0, 0.1) is 11.7 Å². The molecule has 1 fully saturated rings. The number of benzene rings is 3. The summed E-state index contributed by atoms with van der Waals surface area (Å²) in [7, 11) is 0. The van der Waals surface area contributed by atoms with Crippen LogP contribution in [-0.4, -0.2) is 23.9 Å². The number of nitrogens with zero attached hydrogens (tertiary/aromatic N) is 1. The van der Waals surface area contributed by atoms with Gasteiger partial charge in [-0.05, 0) is 47.2 Å². The van der Waals surface area contributed by atoms with Gasteiger partial charge in [0.15, 0.2) is 0 Å². The smallest absolute Gasteiger partial charge is 0.224 e. The molecule has 160 valence electrons. The van der Waals surface area contributed by atoms with Crippen LogP contribution in [0.4, 0.5) is 4.39 Å². The first-order chi connectivity index (χ1) is 15.1. The summed E-state index contributed by atoms with van der Waals surface area (Å²) in [5.41, 5.74) is 3.07. The van der Waals surface area contributed by atoms with Crippen LogP contribution in [0.3, 0.4) is 0 Å². The van der Waals surface area contributed by atoms with Crippen molar-refractivity contribution in [3.05, 3.63) is 106 Å². The molecule has 3 aromatic rings. The summed E-state index contributed by atoms with van der Waals surface area (Å²) in [6.45, 7) is 2.58. The van der Waals surface area contributed by atoms with Crippen molar-refractivity contribution >= 4 is 17.5 Å². The molecule has 0 radical (unpaired) electrons. The summed E-state index contributed by atoms with van der Waals surface area (Å²) in [5, 5.41) is 3.75. The van der Waals surface area contributed by atoms with E-state index in [1.807, 2.05) is 48.5 Å². The highest BCUT2D eigenvalue weighted by molar-refractivity contribution is 6.31. The maximum atomic E-state index is 13.4. The Labute approximate surface area is 187 Å². The van der Waals surface area contributed by atoms with Gasteiger partial charge in [-0.2, -0.15) is 0 Å². The fourth-order valence-corrected chi connectivity index (χ4v) is 4.52. The van der Waals surface area contributed by atoms with E-state index in [2.05, 4.69) is 22.3 Å². The Kier molecular flexibility index (Phi) is 7.00. The van der Waals surface area contributed by atoms with E-state index in [1.165, 1.54) is 17.7 Å². The predicted octanol–water partition coefficient (Wildman–Crippen LogP) is 5.40. The standard InChI is InChI=1S/C26H26ClFN2O/c27-25-12-5-4-10-21(25)16-30-17-22(20-8-2-1-3-9-20)14-23(18-30)26(31)29-15-19-7-6-11-24(28)13-19/h1-13,22-23H,14-18H2,(H,29,31). The largest absolute Gasteiger partial charge is 0.352 e. The lowest BCUT2D eigenvalue weighted by Crippen LogP contribution is -2.45. The van der Waals surface area contributed by atoms with E-state index in [4.69, 9.17) is 11.6 Å². The first kappa shape index (κ1) is 21.5. The van der Waals surface area contributed by atoms with Gasteiger partial charge in [-0.1, -0.05) is 72.3 Å². The molecule has 0 spiro atoms. The number of halogens is 2. The molecule has 5 heteroatoms. The molecule has 0 bridgehead atoms. The summed E-state index contributed by atoms with van der Waals surface area (Å²) in [4.78, 5) is 15.4. The molecule has 31 heavy (non-hydrogen) atoms. The second kappa shape index (κ2) is 10.1. The maximum absolute atomic E-state index is 13.4. The van der Waals surface area contributed by atoms with Crippen LogP contribution in [-0.2, 0) is 17.9 Å². The fraction of sp³-hybridized carbons (Fsp3) is 0.269. The first-order valence-corrected chi connectivity index (χ1v) is 11.0. The predicted molar refractivity (Wildman–Crippen MR) is 122 cm³/mol. The Bertz CT molecular complexity index is 1030. The molecule has 0 saturated carbocycles. The number of likely N-dealkylation sites (tertiary alicyclic amines) is 1. The minimum Gasteiger partial charge on any atom is -0.352 e. The van der Waals surface area contributed by atoms with E-state index in [0.717, 1.165) is 29.1 Å². The molecular weight excluding hydrogens is 411 g/mol. The van der Waals surface area contributed by atoms with Gasteiger partial charge in [0.2, 0.25) is 5.91 Å². The van der Waals surface area contributed by atoms with Crippen LogP contribution in [0.25, 0.3) is 0 Å². The molecule has 2 unspecified atom stereocenters. The quantitative estimate of drug-likeness (QED) is 0.561. The number of rotatable bonds is 6. The number of carbonyl (C=O) groups excluding carboxylic acids is 1. The molecule has 1 amide bonds. The number of carbonyl (C=O) groups is 1. The zero-order chi connectivity index (χ0) is 21.6. The van der Waals surface area contributed by atoms with Crippen LogP contribution < -0.4 is 5.32 Å². The van der Waals surface area contributed by atoms with E-state index in [9.17, 15) is 9.18 Å². The van der Waals surface area contributed by atoms with Crippen molar-refractivity contribution in [1.82, 2.24) is 10.2 Å². The van der Waals surface area contributed by atoms with E-state index in [0.29, 0.717) is 19.6 Å². The number of hydrogen-bond acceptors (Lipinski definition) is 2. The van der Waals surface area contributed by atoms with Gasteiger partial charge in [-0.3, -0.25) is 9.69 Å². The molecule has 3 nitrogen and oxygen atoms in total. The molecule has 1 heterocycles. The summed E-state index contributed by atoms with van der Waals surface area (Å²) < 4.78 is 13.4. The minimum absolute atomic E-state index is 0.00838. The zero-order valence-electron chi connectivity index (χ0n) is 17.3. The third kappa shape index (κ3) is 5.72. The van der Waals surface area contributed by atoms with Crippen LogP contribution in [0.1, 0.15) is 29.0 Å². The van der Waals surface area contributed by atoms with Crippen molar-refractivity contribution in [2.24, 2.45) is 5.92 Å². The van der Waals surface area contributed by atoms with Gasteiger partial charge in [0.25, 0.3) is 0 Å². The third-order valence-electron chi connectivity index (χ3n) is 5.88. The molecule has 1 saturated heterocycles. The Morgan fingerprint density at radius 3 is 2.55 bits per heavy atom. The van der Waals surface area contributed by atoms with Crippen molar-refractivity contribution in [1.29, 1.82) is 0 Å². The molecule has 0 aliphatic carbocycles. The van der Waals surface area contributed by atoms with E-state index in [-0.39, 0.29) is 23.6 Å². The lowest BCUT2D eigenvalue weighted by atomic mass is 9.84. The lowest BCUT2D eigenvalue weighted by molar-refractivity contribution is -0.127. The van der Waals surface area contributed by atoms with Gasteiger partial charge in [-0.15, -0.1) is 0 Å². The Hall–Kier alpha value is -2.69. The zero-order valence-corrected chi connectivity index (χ0v) is 18.1. The number of piperidine rings is 1. The van der Waals surface area contributed by atoms with E-state index in [1.54, 1.807) is 6.07 Å². The first-order valence-electron chi connectivity index (χ1n) is 10.6. The number of amides is 1. The van der Waals surface area contributed by atoms with Gasteiger partial charge in [0.05, 0.1) is 5.92 Å². The monoisotopic (exact) mass is 436 g/mol. The van der Waals surface area contributed by atoms with Gasteiger partial charge < -0.3 is 5.32 Å². The Morgan fingerprint density at radius 1 is 1.00 bits per heavy atom. The molecular formula is C26H26ClFN2O. The molecule has 1 N–H and O–H groups in total. The van der Waals surface area contributed by atoms with Crippen LogP contribution >= 0.6 is 11.6 Å². The minimum atomic E-state index is -0.292. The number of hydrogen-bond donors (Lipinski definition) is 1. The van der Waals surface area contributed by atoms with Gasteiger partial charge >= 0.3 is 0 Å². The van der Waals surface area contributed by atoms with Crippen molar-refractivity contribution in [2.45, 2.75) is 25.4 Å². The van der Waals surface area contributed by atoms with Gasteiger partial charge in [0, 0.05) is 31.2 Å². The van der Waals surface area contributed by atoms with Gasteiger partial charge in [-0.25, -0.2) is 4.39 Å².